The second-order valence-electron chi connectivity index (χ2n) is 6.05. The molecule has 1 aromatic heterocycles. The van der Waals surface area contributed by atoms with Gasteiger partial charge >= 0.3 is 0 Å². The fourth-order valence-corrected chi connectivity index (χ4v) is 2.78. The van der Waals surface area contributed by atoms with Gasteiger partial charge in [0.15, 0.2) is 0 Å². The number of imidazole rings is 1. The molecule has 0 bridgehead atoms. The highest BCUT2D eigenvalue weighted by Crippen LogP contribution is 2.40. The monoisotopic (exact) mass is 272 g/mol. The second-order valence-corrected chi connectivity index (χ2v) is 6.05. The standard InChI is InChI=1S/C16H20N2O2/c1-16(2)10-11-5-4-6-12(15(11)20-16)13(19)9-14-17-7-8-18(14)3/h4-8,13,19H,9-10H2,1-3H3. The molecule has 1 unspecified atom stereocenters. The Hall–Kier alpha value is -1.81. The summed E-state index contributed by atoms with van der Waals surface area (Å²) in [7, 11) is 1.93. The van der Waals surface area contributed by atoms with E-state index in [4.69, 9.17) is 4.74 Å². The predicted molar refractivity (Wildman–Crippen MR) is 76.7 cm³/mol. The molecule has 4 nitrogen and oxygen atoms in total. The van der Waals surface area contributed by atoms with Crippen molar-refractivity contribution in [2.45, 2.75) is 38.4 Å². The van der Waals surface area contributed by atoms with Crippen LogP contribution in [-0.4, -0.2) is 20.3 Å². The van der Waals surface area contributed by atoms with Crippen molar-refractivity contribution in [1.82, 2.24) is 9.55 Å². The molecule has 0 aliphatic carbocycles. The topological polar surface area (TPSA) is 47.3 Å². The molecular weight excluding hydrogens is 252 g/mol. The smallest absolute Gasteiger partial charge is 0.129 e. The van der Waals surface area contributed by atoms with Crippen LogP contribution in [0.25, 0.3) is 0 Å². The third kappa shape index (κ3) is 2.31. The number of hydrogen-bond donors (Lipinski definition) is 1. The van der Waals surface area contributed by atoms with Gasteiger partial charge in [-0.3, -0.25) is 0 Å². The van der Waals surface area contributed by atoms with Crippen molar-refractivity contribution in [2.24, 2.45) is 7.05 Å². The number of nitrogens with zero attached hydrogens (tertiary/aromatic N) is 2. The molecule has 1 atom stereocenters. The lowest BCUT2D eigenvalue weighted by molar-refractivity contribution is 0.125. The number of benzene rings is 1. The Bertz CT molecular complexity index is 631. The summed E-state index contributed by atoms with van der Waals surface area (Å²) in [6.07, 6.45) is 4.41. The molecule has 0 saturated heterocycles. The Labute approximate surface area is 119 Å². The zero-order valence-electron chi connectivity index (χ0n) is 12.1. The summed E-state index contributed by atoms with van der Waals surface area (Å²) in [6.45, 7) is 4.14. The van der Waals surface area contributed by atoms with E-state index in [1.165, 1.54) is 5.56 Å². The van der Waals surface area contributed by atoms with Gasteiger partial charge in [-0.2, -0.15) is 0 Å². The summed E-state index contributed by atoms with van der Waals surface area (Å²) in [5.74, 6) is 1.71. The van der Waals surface area contributed by atoms with Crippen LogP contribution < -0.4 is 4.74 Å². The quantitative estimate of drug-likeness (QED) is 0.933. The van der Waals surface area contributed by atoms with Gasteiger partial charge in [-0.15, -0.1) is 0 Å². The van der Waals surface area contributed by atoms with Gasteiger partial charge in [0.1, 0.15) is 17.2 Å². The molecule has 20 heavy (non-hydrogen) atoms. The first-order valence-electron chi connectivity index (χ1n) is 6.91. The van der Waals surface area contributed by atoms with Gasteiger partial charge in [-0.05, 0) is 19.4 Å². The molecule has 3 rings (SSSR count). The molecule has 1 aromatic carbocycles. The fourth-order valence-electron chi connectivity index (χ4n) is 2.78. The average molecular weight is 272 g/mol. The van der Waals surface area contributed by atoms with Gasteiger partial charge in [-0.25, -0.2) is 4.98 Å². The molecule has 0 saturated carbocycles. The molecule has 106 valence electrons. The molecular formula is C16H20N2O2. The van der Waals surface area contributed by atoms with Gasteiger partial charge in [-0.1, -0.05) is 18.2 Å². The SMILES string of the molecule is Cn1ccnc1CC(O)c1cccc2c1OC(C)(C)C2. The average Bonchev–Trinajstić information content (AvgIpc) is 2.90. The van der Waals surface area contributed by atoms with Crippen LogP contribution in [0.1, 0.15) is 36.9 Å². The highest BCUT2D eigenvalue weighted by molar-refractivity contribution is 5.47. The van der Waals surface area contributed by atoms with Gasteiger partial charge < -0.3 is 14.4 Å². The second kappa shape index (κ2) is 4.63. The number of para-hydroxylation sites is 1. The van der Waals surface area contributed by atoms with Gasteiger partial charge in [0, 0.05) is 37.8 Å². The number of aromatic nitrogens is 2. The van der Waals surface area contributed by atoms with Crippen LogP contribution >= 0.6 is 0 Å². The van der Waals surface area contributed by atoms with Crippen molar-refractivity contribution in [3.8, 4) is 5.75 Å². The number of aliphatic hydroxyl groups is 1. The van der Waals surface area contributed by atoms with Crippen LogP contribution in [0.2, 0.25) is 0 Å². The van der Waals surface area contributed by atoms with E-state index in [-0.39, 0.29) is 5.60 Å². The fraction of sp³-hybridized carbons (Fsp3) is 0.438. The van der Waals surface area contributed by atoms with Crippen LogP contribution in [0, 0.1) is 0 Å². The third-order valence-corrected chi connectivity index (χ3v) is 3.78. The summed E-state index contributed by atoms with van der Waals surface area (Å²) >= 11 is 0. The Kier molecular flexibility index (Phi) is 3.05. The van der Waals surface area contributed by atoms with Crippen LogP contribution in [0.5, 0.6) is 5.75 Å². The molecule has 0 fully saturated rings. The van der Waals surface area contributed by atoms with Crippen molar-refractivity contribution in [2.75, 3.05) is 0 Å². The highest BCUT2D eigenvalue weighted by Gasteiger charge is 2.33. The molecule has 1 aliphatic rings. The number of hydrogen-bond acceptors (Lipinski definition) is 3. The van der Waals surface area contributed by atoms with E-state index in [0.717, 1.165) is 23.6 Å². The number of ether oxygens (including phenoxy) is 1. The maximum absolute atomic E-state index is 10.5. The molecule has 0 radical (unpaired) electrons. The van der Waals surface area contributed by atoms with Crippen molar-refractivity contribution < 1.29 is 9.84 Å². The summed E-state index contributed by atoms with van der Waals surface area (Å²) in [6, 6.07) is 6.00. The Balaban J connectivity index is 1.89. The Morgan fingerprint density at radius 3 is 2.95 bits per heavy atom. The largest absolute Gasteiger partial charge is 0.487 e. The van der Waals surface area contributed by atoms with E-state index in [0.29, 0.717) is 6.42 Å². The minimum atomic E-state index is -0.597. The number of aliphatic hydroxyl groups excluding tert-OH is 1. The first kappa shape index (κ1) is 13.2. The van der Waals surface area contributed by atoms with E-state index in [1.807, 2.05) is 29.9 Å². The minimum absolute atomic E-state index is 0.193. The normalized spacial score (nSPS) is 17.6. The Morgan fingerprint density at radius 2 is 2.25 bits per heavy atom. The third-order valence-electron chi connectivity index (χ3n) is 3.78. The highest BCUT2D eigenvalue weighted by atomic mass is 16.5. The lowest BCUT2D eigenvalue weighted by Gasteiger charge is -2.20. The molecule has 1 aliphatic heterocycles. The van der Waals surface area contributed by atoms with Crippen molar-refractivity contribution in [1.29, 1.82) is 0 Å². The predicted octanol–water partition coefficient (Wildman–Crippen LogP) is 2.41. The summed E-state index contributed by atoms with van der Waals surface area (Å²) in [4.78, 5) is 4.27. The van der Waals surface area contributed by atoms with Crippen LogP contribution in [0.4, 0.5) is 0 Å². The van der Waals surface area contributed by atoms with Crippen molar-refractivity contribution in [3.63, 3.8) is 0 Å². The van der Waals surface area contributed by atoms with Gasteiger partial charge in [0.25, 0.3) is 0 Å². The maximum atomic E-state index is 10.5. The summed E-state index contributed by atoms with van der Waals surface area (Å²) in [5, 5.41) is 10.5. The van der Waals surface area contributed by atoms with Crippen LogP contribution in [-0.2, 0) is 19.9 Å². The molecule has 2 aromatic rings. The number of aryl methyl sites for hydroxylation is 1. The molecule has 2 heterocycles. The molecule has 0 spiro atoms. The van der Waals surface area contributed by atoms with Crippen LogP contribution in [0.3, 0.4) is 0 Å². The van der Waals surface area contributed by atoms with E-state index in [1.54, 1.807) is 6.20 Å². The number of rotatable bonds is 3. The zero-order chi connectivity index (χ0) is 14.3. The lowest BCUT2D eigenvalue weighted by atomic mass is 9.98. The van der Waals surface area contributed by atoms with Crippen molar-refractivity contribution >= 4 is 0 Å². The number of fused-ring (bicyclic) bond motifs is 1. The van der Waals surface area contributed by atoms with Gasteiger partial charge in [0.05, 0.1) is 6.10 Å². The van der Waals surface area contributed by atoms with E-state index in [9.17, 15) is 5.11 Å². The minimum Gasteiger partial charge on any atom is -0.487 e. The summed E-state index contributed by atoms with van der Waals surface area (Å²) < 4.78 is 7.94. The zero-order valence-corrected chi connectivity index (χ0v) is 12.1. The van der Waals surface area contributed by atoms with Crippen LogP contribution in [0.15, 0.2) is 30.6 Å². The van der Waals surface area contributed by atoms with Gasteiger partial charge in [0.2, 0.25) is 0 Å². The van der Waals surface area contributed by atoms with E-state index >= 15 is 0 Å². The Morgan fingerprint density at radius 1 is 1.45 bits per heavy atom. The van der Waals surface area contributed by atoms with E-state index in [2.05, 4.69) is 24.9 Å². The first-order chi connectivity index (χ1) is 9.46. The molecule has 4 heteroatoms. The first-order valence-corrected chi connectivity index (χ1v) is 6.91. The van der Waals surface area contributed by atoms with E-state index < -0.39 is 6.10 Å². The summed E-state index contributed by atoms with van der Waals surface area (Å²) in [5.41, 5.74) is 1.84. The maximum Gasteiger partial charge on any atom is 0.129 e. The lowest BCUT2D eigenvalue weighted by Crippen LogP contribution is -2.25. The molecule has 0 amide bonds. The van der Waals surface area contributed by atoms with Crippen molar-refractivity contribution in [3.05, 3.63) is 47.5 Å². The molecule has 1 N–H and O–H groups in total.